The van der Waals surface area contributed by atoms with Crippen LogP contribution in [-0.4, -0.2) is 18.1 Å². The Hall–Kier alpha value is -0.730. The van der Waals surface area contributed by atoms with Crippen molar-refractivity contribution >= 4 is 0 Å². The molecule has 0 aromatic rings. The summed E-state index contributed by atoms with van der Waals surface area (Å²) in [6, 6.07) is 0.202. The Morgan fingerprint density at radius 2 is 2.17 bits per heavy atom. The maximum Gasteiger partial charge on any atom is 0.0516 e. The van der Waals surface area contributed by atoms with Crippen molar-refractivity contribution in [2.45, 2.75) is 43.7 Å². The molecule has 1 saturated carbocycles. The molecule has 0 aromatic heterocycles. The molecule has 2 fully saturated rings. The molecular weight excluding hydrogens is 152 g/mol. The number of hydrogen-bond acceptors (Lipinski definition) is 2. The average Bonchev–Trinajstić information content (AvgIpc) is 2.65. The van der Waals surface area contributed by atoms with Gasteiger partial charge in [-0.1, -0.05) is 18.0 Å². The molecule has 4 heteroatoms. The van der Waals surface area contributed by atoms with E-state index in [4.69, 9.17) is 5.53 Å². The molecule has 1 unspecified atom stereocenters. The number of azide groups is 1. The van der Waals surface area contributed by atoms with E-state index in [0.717, 1.165) is 13.0 Å². The van der Waals surface area contributed by atoms with Crippen molar-refractivity contribution in [3.8, 4) is 0 Å². The van der Waals surface area contributed by atoms with Crippen LogP contribution in [0, 0.1) is 0 Å². The summed E-state index contributed by atoms with van der Waals surface area (Å²) < 4.78 is 0. The Balaban J connectivity index is 2.00. The number of hydrogen-bond donors (Lipinski definition) is 1. The molecule has 1 spiro atoms. The Morgan fingerprint density at radius 1 is 1.42 bits per heavy atom. The van der Waals surface area contributed by atoms with Crippen LogP contribution in [0.25, 0.3) is 10.4 Å². The molecule has 0 amide bonds. The number of nitrogens with zero attached hydrogens (tertiary/aromatic N) is 3. The lowest BCUT2D eigenvalue weighted by atomic mass is 9.94. The molecule has 1 aliphatic heterocycles. The summed E-state index contributed by atoms with van der Waals surface area (Å²) in [7, 11) is 0. The van der Waals surface area contributed by atoms with E-state index in [-0.39, 0.29) is 6.04 Å². The summed E-state index contributed by atoms with van der Waals surface area (Å²) in [5.41, 5.74) is 8.63. The highest BCUT2D eigenvalue weighted by Crippen LogP contribution is 2.37. The highest BCUT2D eigenvalue weighted by molar-refractivity contribution is 5.02. The van der Waals surface area contributed by atoms with Gasteiger partial charge >= 0.3 is 0 Å². The molecule has 1 saturated heterocycles. The molecule has 0 bridgehead atoms. The third-order valence-electron chi connectivity index (χ3n) is 3.11. The van der Waals surface area contributed by atoms with Crippen LogP contribution in [0.1, 0.15) is 32.1 Å². The smallest absolute Gasteiger partial charge is 0.0516 e. The van der Waals surface area contributed by atoms with Crippen LogP contribution in [0.5, 0.6) is 0 Å². The number of rotatable bonds is 1. The van der Waals surface area contributed by atoms with Crippen molar-refractivity contribution in [3.63, 3.8) is 0 Å². The average molecular weight is 166 g/mol. The molecule has 2 aliphatic rings. The Labute approximate surface area is 72.0 Å². The molecule has 4 nitrogen and oxygen atoms in total. The monoisotopic (exact) mass is 166 g/mol. The SMILES string of the molecule is [N-]=[N+]=NC1CNC2(CCCC2)C1. The van der Waals surface area contributed by atoms with Crippen LogP contribution in [0.15, 0.2) is 5.11 Å². The van der Waals surface area contributed by atoms with Gasteiger partial charge in [0, 0.05) is 17.0 Å². The van der Waals surface area contributed by atoms with Gasteiger partial charge in [-0.2, -0.15) is 0 Å². The van der Waals surface area contributed by atoms with Gasteiger partial charge in [-0.3, -0.25) is 0 Å². The molecule has 2 rings (SSSR count). The largest absolute Gasteiger partial charge is 0.311 e. The van der Waals surface area contributed by atoms with E-state index in [1.807, 2.05) is 0 Å². The standard InChI is InChI=1S/C8H14N4/c9-12-11-7-5-8(10-6-7)3-1-2-4-8/h7,10H,1-6H2. The maximum absolute atomic E-state index is 8.29. The molecule has 12 heavy (non-hydrogen) atoms. The van der Waals surface area contributed by atoms with Gasteiger partial charge in [-0.05, 0) is 24.8 Å². The fourth-order valence-corrected chi connectivity index (χ4v) is 2.52. The van der Waals surface area contributed by atoms with Crippen molar-refractivity contribution in [1.29, 1.82) is 0 Å². The predicted molar refractivity (Wildman–Crippen MR) is 46.8 cm³/mol. The van der Waals surface area contributed by atoms with E-state index >= 15 is 0 Å². The van der Waals surface area contributed by atoms with Crippen LogP contribution in [0.3, 0.4) is 0 Å². The van der Waals surface area contributed by atoms with Crippen molar-refractivity contribution in [3.05, 3.63) is 10.4 Å². The van der Waals surface area contributed by atoms with Crippen molar-refractivity contribution in [1.82, 2.24) is 5.32 Å². The fraction of sp³-hybridized carbons (Fsp3) is 1.00. The molecule has 1 aliphatic carbocycles. The first kappa shape index (κ1) is 7.90. The normalized spacial score (nSPS) is 32.2. The Morgan fingerprint density at radius 3 is 2.83 bits per heavy atom. The molecular formula is C8H14N4. The lowest BCUT2D eigenvalue weighted by Crippen LogP contribution is -2.35. The first-order chi connectivity index (χ1) is 5.85. The summed E-state index contributed by atoms with van der Waals surface area (Å²) in [6.07, 6.45) is 6.25. The van der Waals surface area contributed by atoms with Crippen molar-refractivity contribution < 1.29 is 0 Å². The van der Waals surface area contributed by atoms with E-state index in [2.05, 4.69) is 15.3 Å². The Bertz CT molecular complexity index is 213. The first-order valence-corrected chi connectivity index (χ1v) is 4.64. The van der Waals surface area contributed by atoms with Crippen molar-refractivity contribution in [2.75, 3.05) is 6.54 Å². The molecule has 1 N–H and O–H groups in total. The summed E-state index contributed by atoms with van der Waals surface area (Å²) in [5.74, 6) is 0. The van der Waals surface area contributed by atoms with E-state index in [1.165, 1.54) is 25.7 Å². The second-order valence-electron chi connectivity index (χ2n) is 3.93. The lowest BCUT2D eigenvalue weighted by molar-refractivity contribution is 0.384. The fourth-order valence-electron chi connectivity index (χ4n) is 2.52. The first-order valence-electron chi connectivity index (χ1n) is 4.64. The second kappa shape index (κ2) is 2.96. The van der Waals surface area contributed by atoms with Crippen LogP contribution in [0.2, 0.25) is 0 Å². The third kappa shape index (κ3) is 1.28. The highest BCUT2D eigenvalue weighted by atomic mass is 15.2. The van der Waals surface area contributed by atoms with E-state index < -0.39 is 0 Å². The third-order valence-corrected chi connectivity index (χ3v) is 3.11. The van der Waals surface area contributed by atoms with Gasteiger partial charge in [0.05, 0.1) is 6.04 Å². The predicted octanol–water partition coefficient (Wildman–Crippen LogP) is 1.97. The zero-order chi connectivity index (χ0) is 8.44. The van der Waals surface area contributed by atoms with Crippen molar-refractivity contribution in [2.24, 2.45) is 5.11 Å². The van der Waals surface area contributed by atoms with E-state index in [0.29, 0.717) is 5.54 Å². The second-order valence-corrected chi connectivity index (χ2v) is 3.93. The summed E-state index contributed by atoms with van der Waals surface area (Å²) >= 11 is 0. The zero-order valence-corrected chi connectivity index (χ0v) is 7.16. The molecule has 1 atom stereocenters. The summed E-state index contributed by atoms with van der Waals surface area (Å²) in [4.78, 5) is 2.86. The van der Waals surface area contributed by atoms with Gasteiger partial charge in [0.1, 0.15) is 0 Å². The number of nitrogens with one attached hydrogen (secondary N) is 1. The summed E-state index contributed by atoms with van der Waals surface area (Å²) in [5, 5.41) is 7.26. The molecule has 1 heterocycles. The quantitative estimate of drug-likeness (QED) is 0.361. The van der Waals surface area contributed by atoms with Crippen LogP contribution in [-0.2, 0) is 0 Å². The molecule has 0 radical (unpaired) electrons. The van der Waals surface area contributed by atoms with Gasteiger partial charge < -0.3 is 5.32 Å². The zero-order valence-electron chi connectivity index (χ0n) is 7.16. The maximum atomic E-state index is 8.29. The Kier molecular flexibility index (Phi) is 1.95. The summed E-state index contributed by atoms with van der Waals surface area (Å²) in [6.45, 7) is 0.879. The van der Waals surface area contributed by atoms with Gasteiger partial charge in [0.25, 0.3) is 0 Å². The van der Waals surface area contributed by atoms with Gasteiger partial charge in [-0.25, -0.2) is 0 Å². The van der Waals surface area contributed by atoms with Crippen LogP contribution < -0.4 is 5.32 Å². The van der Waals surface area contributed by atoms with Gasteiger partial charge in [0.2, 0.25) is 0 Å². The molecule has 0 aromatic carbocycles. The minimum Gasteiger partial charge on any atom is -0.311 e. The molecule has 66 valence electrons. The van der Waals surface area contributed by atoms with E-state index in [9.17, 15) is 0 Å². The van der Waals surface area contributed by atoms with Gasteiger partial charge in [-0.15, -0.1) is 0 Å². The highest BCUT2D eigenvalue weighted by Gasteiger charge is 2.40. The minimum atomic E-state index is 0.202. The van der Waals surface area contributed by atoms with E-state index in [1.54, 1.807) is 0 Å². The van der Waals surface area contributed by atoms with Crippen LogP contribution in [0.4, 0.5) is 0 Å². The van der Waals surface area contributed by atoms with Gasteiger partial charge in [0.15, 0.2) is 0 Å². The lowest BCUT2D eigenvalue weighted by Gasteiger charge is -2.22. The van der Waals surface area contributed by atoms with Crippen LogP contribution >= 0.6 is 0 Å². The minimum absolute atomic E-state index is 0.202. The topological polar surface area (TPSA) is 60.8 Å².